The number of anilines is 1. The third kappa shape index (κ3) is 8.30. The number of aliphatic hydroxyl groups excluding tert-OH is 1. The lowest BCUT2D eigenvalue weighted by molar-refractivity contribution is -0.148. The second kappa shape index (κ2) is 14.6. The number of thiophene rings is 1. The van der Waals surface area contributed by atoms with Gasteiger partial charge in [-0.1, -0.05) is 23.7 Å². The van der Waals surface area contributed by atoms with Crippen LogP contribution in [0.5, 0.6) is 5.75 Å². The van der Waals surface area contributed by atoms with Crippen LogP contribution in [0, 0.1) is 0 Å². The van der Waals surface area contributed by atoms with Gasteiger partial charge in [0.25, 0.3) is 5.91 Å². The molecule has 5 rings (SSSR count). The molecule has 0 radical (unpaired) electrons. The van der Waals surface area contributed by atoms with Crippen LogP contribution in [0.2, 0.25) is 5.02 Å². The molecule has 3 amide bonds. The summed E-state index contributed by atoms with van der Waals surface area (Å²) in [5.74, 6) is -0.901. The Morgan fingerprint density at radius 1 is 1.15 bits per heavy atom. The highest BCUT2D eigenvalue weighted by molar-refractivity contribution is 7.08. The highest BCUT2D eigenvalue weighted by Crippen LogP contribution is 2.37. The fourth-order valence-corrected chi connectivity index (χ4v) is 5.97. The number of amides is 3. The number of ether oxygens (including phenoxy) is 2. The molecule has 248 valence electrons. The van der Waals surface area contributed by atoms with Crippen LogP contribution in [0.25, 0.3) is 22.4 Å². The summed E-state index contributed by atoms with van der Waals surface area (Å²) >= 11 is 7.58. The fourth-order valence-electron chi connectivity index (χ4n) is 5.11. The summed E-state index contributed by atoms with van der Waals surface area (Å²) in [6.45, 7) is 5.70. The minimum Gasteiger partial charge on any atom is -0.507 e. The molecule has 0 spiro atoms. The first kappa shape index (κ1) is 33.9. The average molecular weight is 682 g/mol. The molecule has 0 unspecified atom stereocenters. The standard InChI is InChI=1S/C33H36ClN5O7S/c1-33(2,3)46-32(44)36-28(21-10-15-47-19-21)31(43)39-12-14-45-18-26(39)30(42)35-23-7-4-20(5-8-23)25-17-38(11-13-40)37-29(25)24-16-22(34)6-9-27(24)41/h4-10,15-17,19,26,28,40-41H,11-14,18H2,1-3H3,(H,35,42)(H,36,44)/t26-,28+/m0/s1. The predicted octanol–water partition coefficient (Wildman–Crippen LogP) is 5.06. The largest absolute Gasteiger partial charge is 0.507 e. The Morgan fingerprint density at radius 3 is 2.60 bits per heavy atom. The summed E-state index contributed by atoms with van der Waals surface area (Å²) in [6, 6.07) is 11.4. The molecule has 1 aliphatic heterocycles. The van der Waals surface area contributed by atoms with Gasteiger partial charge < -0.3 is 35.2 Å². The number of hydrogen-bond acceptors (Lipinski definition) is 9. The quantitative estimate of drug-likeness (QED) is 0.191. The van der Waals surface area contributed by atoms with E-state index in [-0.39, 0.29) is 38.7 Å². The number of aromatic nitrogens is 2. The topological polar surface area (TPSA) is 155 Å². The van der Waals surface area contributed by atoms with E-state index >= 15 is 0 Å². The van der Waals surface area contributed by atoms with Gasteiger partial charge in [0.1, 0.15) is 29.1 Å². The van der Waals surface area contributed by atoms with E-state index in [9.17, 15) is 24.6 Å². The van der Waals surface area contributed by atoms with Gasteiger partial charge in [-0.05, 0) is 79.1 Å². The molecule has 0 saturated carbocycles. The maximum Gasteiger partial charge on any atom is 0.408 e. The van der Waals surface area contributed by atoms with Gasteiger partial charge >= 0.3 is 6.09 Å². The van der Waals surface area contributed by atoms with Crippen LogP contribution in [0.15, 0.2) is 65.5 Å². The van der Waals surface area contributed by atoms with E-state index in [2.05, 4.69) is 15.7 Å². The Bertz CT molecular complexity index is 1720. The number of rotatable bonds is 9. The summed E-state index contributed by atoms with van der Waals surface area (Å²) in [4.78, 5) is 41.5. The molecule has 1 aliphatic rings. The number of carbonyl (C=O) groups excluding carboxylic acids is 3. The molecule has 3 heterocycles. The Balaban J connectivity index is 1.35. The Kier molecular flexibility index (Phi) is 10.5. The number of halogens is 1. The van der Waals surface area contributed by atoms with E-state index < -0.39 is 35.6 Å². The number of benzene rings is 2. The van der Waals surface area contributed by atoms with E-state index in [1.165, 1.54) is 22.3 Å². The van der Waals surface area contributed by atoms with E-state index in [1.54, 1.807) is 84.9 Å². The maximum absolute atomic E-state index is 13.9. The number of phenols is 1. The minimum absolute atomic E-state index is 0.00474. The molecule has 4 N–H and O–H groups in total. The van der Waals surface area contributed by atoms with Crippen molar-refractivity contribution < 1.29 is 34.1 Å². The molecule has 14 heteroatoms. The number of aromatic hydroxyl groups is 1. The number of alkyl carbamates (subject to hydrolysis) is 1. The molecule has 1 fully saturated rings. The van der Waals surface area contributed by atoms with E-state index in [0.717, 1.165) is 5.56 Å². The molecular weight excluding hydrogens is 646 g/mol. The van der Waals surface area contributed by atoms with Gasteiger partial charge in [-0.25, -0.2) is 4.79 Å². The van der Waals surface area contributed by atoms with Crippen molar-refractivity contribution in [2.75, 3.05) is 31.7 Å². The highest BCUT2D eigenvalue weighted by atomic mass is 35.5. The van der Waals surface area contributed by atoms with E-state index in [1.807, 2.05) is 0 Å². The molecule has 12 nitrogen and oxygen atoms in total. The molecular formula is C33H36ClN5O7S. The average Bonchev–Trinajstić information content (AvgIpc) is 3.71. The van der Waals surface area contributed by atoms with Crippen LogP contribution in [-0.2, 0) is 25.6 Å². The van der Waals surface area contributed by atoms with Gasteiger partial charge in [-0.2, -0.15) is 16.4 Å². The molecule has 1 saturated heterocycles. The smallest absolute Gasteiger partial charge is 0.408 e. The zero-order valence-corrected chi connectivity index (χ0v) is 27.7. The maximum atomic E-state index is 13.9. The molecule has 2 aromatic carbocycles. The first-order valence-corrected chi connectivity index (χ1v) is 16.2. The zero-order chi connectivity index (χ0) is 33.7. The molecule has 0 aliphatic carbocycles. The first-order chi connectivity index (χ1) is 22.4. The van der Waals surface area contributed by atoms with Crippen molar-refractivity contribution in [3.63, 3.8) is 0 Å². The number of nitrogens with zero attached hydrogens (tertiary/aromatic N) is 3. The lowest BCUT2D eigenvalue weighted by Crippen LogP contribution is -2.57. The lowest BCUT2D eigenvalue weighted by atomic mass is 10.0. The molecule has 0 bridgehead atoms. The summed E-state index contributed by atoms with van der Waals surface area (Å²) in [6.07, 6.45) is 1.02. The number of nitrogens with one attached hydrogen (secondary N) is 2. The van der Waals surface area contributed by atoms with Crippen LogP contribution < -0.4 is 10.6 Å². The Morgan fingerprint density at radius 2 is 1.91 bits per heavy atom. The fraction of sp³-hybridized carbons (Fsp3) is 0.333. The lowest BCUT2D eigenvalue weighted by Gasteiger charge is -2.36. The molecule has 47 heavy (non-hydrogen) atoms. The summed E-state index contributed by atoms with van der Waals surface area (Å²) in [5, 5.41) is 34.1. The van der Waals surface area contributed by atoms with E-state index in [0.29, 0.717) is 33.1 Å². The van der Waals surface area contributed by atoms with Crippen molar-refractivity contribution in [2.45, 2.75) is 45.0 Å². The molecule has 2 aromatic heterocycles. The van der Waals surface area contributed by atoms with Gasteiger partial charge in [-0.15, -0.1) is 0 Å². The van der Waals surface area contributed by atoms with Gasteiger partial charge in [0.15, 0.2) is 0 Å². The normalized spacial score (nSPS) is 15.6. The number of morpholine rings is 1. The summed E-state index contributed by atoms with van der Waals surface area (Å²) in [7, 11) is 0. The third-order valence-electron chi connectivity index (χ3n) is 7.27. The number of hydrogen-bond donors (Lipinski definition) is 4. The van der Waals surface area contributed by atoms with Crippen molar-refractivity contribution in [3.8, 4) is 28.1 Å². The number of aliphatic hydroxyl groups is 1. The van der Waals surface area contributed by atoms with Crippen LogP contribution >= 0.6 is 22.9 Å². The zero-order valence-electron chi connectivity index (χ0n) is 26.1. The third-order valence-corrected chi connectivity index (χ3v) is 8.20. The second-order valence-corrected chi connectivity index (χ2v) is 13.1. The number of carbonyl (C=O) groups is 3. The summed E-state index contributed by atoms with van der Waals surface area (Å²) < 4.78 is 12.6. The van der Waals surface area contributed by atoms with Crippen LogP contribution in [-0.4, -0.2) is 80.8 Å². The minimum atomic E-state index is -1.05. The second-order valence-electron chi connectivity index (χ2n) is 11.9. The molecule has 4 aromatic rings. The van der Waals surface area contributed by atoms with E-state index in [4.69, 9.17) is 21.1 Å². The Hall–Kier alpha value is -4.43. The first-order valence-electron chi connectivity index (χ1n) is 14.9. The van der Waals surface area contributed by atoms with Gasteiger partial charge in [0.2, 0.25) is 5.91 Å². The predicted molar refractivity (Wildman–Crippen MR) is 178 cm³/mol. The van der Waals surface area contributed by atoms with Crippen LogP contribution in [0.3, 0.4) is 0 Å². The van der Waals surface area contributed by atoms with Crippen molar-refractivity contribution >= 4 is 46.5 Å². The van der Waals surface area contributed by atoms with Gasteiger partial charge in [0.05, 0.1) is 26.4 Å². The Labute approximate surface area is 280 Å². The van der Waals surface area contributed by atoms with Crippen molar-refractivity contribution in [2.24, 2.45) is 0 Å². The molecule has 2 atom stereocenters. The van der Waals surface area contributed by atoms with Crippen molar-refractivity contribution in [3.05, 3.63) is 76.1 Å². The van der Waals surface area contributed by atoms with Crippen LogP contribution in [0.1, 0.15) is 32.4 Å². The monoisotopic (exact) mass is 681 g/mol. The number of phenolic OH excluding ortho intramolecular Hbond substituents is 1. The van der Waals surface area contributed by atoms with Crippen molar-refractivity contribution in [1.82, 2.24) is 20.0 Å². The van der Waals surface area contributed by atoms with Gasteiger partial charge in [-0.3, -0.25) is 14.3 Å². The van der Waals surface area contributed by atoms with Crippen molar-refractivity contribution in [1.29, 1.82) is 0 Å². The summed E-state index contributed by atoms with van der Waals surface area (Å²) in [5.41, 5.74) is 2.64. The highest BCUT2D eigenvalue weighted by Gasteiger charge is 2.38. The van der Waals surface area contributed by atoms with Crippen LogP contribution in [0.4, 0.5) is 10.5 Å². The van der Waals surface area contributed by atoms with Gasteiger partial charge in [0, 0.05) is 34.6 Å². The SMILES string of the molecule is CC(C)(C)OC(=O)N[C@@H](C(=O)N1CCOC[C@H]1C(=O)Nc1ccc(-c2cn(CCO)nc2-c2cc(Cl)ccc2O)cc1)c1ccsc1.